The number of H-pyrrole nitrogens is 1. The first-order chi connectivity index (χ1) is 11.1. The number of hydrogen-bond donors (Lipinski definition) is 1. The van der Waals surface area contributed by atoms with Crippen LogP contribution in [0.3, 0.4) is 0 Å². The molecule has 0 amide bonds. The molecule has 1 aromatic heterocycles. The molecule has 1 heterocycles. The molecule has 4 rings (SSSR count). The fourth-order valence-electron chi connectivity index (χ4n) is 3.09. The molecule has 23 heavy (non-hydrogen) atoms. The van der Waals surface area contributed by atoms with Crippen LogP contribution in [-0.4, -0.2) is 14.8 Å². The van der Waals surface area contributed by atoms with Crippen molar-refractivity contribution < 1.29 is 0 Å². The van der Waals surface area contributed by atoms with Gasteiger partial charge in [0.25, 0.3) is 0 Å². The van der Waals surface area contributed by atoms with Crippen LogP contribution in [0.25, 0.3) is 5.69 Å². The van der Waals surface area contributed by atoms with Crippen molar-refractivity contribution in [2.24, 2.45) is 0 Å². The van der Waals surface area contributed by atoms with Gasteiger partial charge in [-0.25, -0.2) is 0 Å². The predicted octanol–water partition coefficient (Wildman–Crippen LogP) is 5.16. The van der Waals surface area contributed by atoms with Gasteiger partial charge in [-0.3, -0.25) is 9.67 Å². The molecule has 3 aromatic rings. The number of rotatable bonds is 3. The minimum absolute atomic E-state index is 0.393. The molecular weight excluding hydrogens is 326 g/mol. The molecule has 0 bridgehead atoms. The third-order valence-electron chi connectivity index (χ3n) is 4.39. The number of halogens is 1. The van der Waals surface area contributed by atoms with E-state index in [0.29, 0.717) is 21.6 Å². The first-order valence-electron chi connectivity index (χ1n) is 7.63. The van der Waals surface area contributed by atoms with Crippen molar-refractivity contribution in [1.82, 2.24) is 14.8 Å². The molecular formula is C18H16ClN3S. The van der Waals surface area contributed by atoms with Gasteiger partial charge in [-0.15, -0.1) is 0 Å². The Morgan fingerprint density at radius 2 is 1.96 bits per heavy atom. The van der Waals surface area contributed by atoms with Crippen molar-refractivity contribution >= 4 is 23.8 Å². The van der Waals surface area contributed by atoms with Crippen LogP contribution >= 0.6 is 23.8 Å². The van der Waals surface area contributed by atoms with Gasteiger partial charge in [-0.1, -0.05) is 47.5 Å². The monoisotopic (exact) mass is 341 g/mol. The normalized spacial score (nSPS) is 19.7. The van der Waals surface area contributed by atoms with E-state index in [1.54, 1.807) is 0 Å². The fraction of sp³-hybridized carbons (Fsp3) is 0.222. The van der Waals surface area contributed by atoms with Crippen molar-refractivity contribution in [3.8, 4) is 5.69 Å². The second kappa shape index (κ2) is 5.62. The molecule has 0 unspecified atom stereocenters. The van der Waals surface area contributed by atoms with Gasteiger partial charge in [0.15, 0.2) is 4.77 Å². The molecule has 116 valence electrons. The molecule has 2 aromatic carbocycles. The van der Waals surface area contributed by atoms with Crippen LogP contribution in [-0.2, 0) is 0 Å². The predicted molar refractivity (Wildman–Crippen MR) is 95.0 cm³/mol. The highest BCUT2D eigenvalue weighted by Crippen LogP contribution is 2.54. The summed E-state index contributed by atoms with van der Waals surface area (Å²) in [6.07, 6.45) is 1.10. The van der Waals surface area contributed by atoms with Gasteiger partial charge in [0, 0.05) is 10.9 Å². The number of nitrogens with one attached hydrogen (secondary N) is 1. The number of nitrogens with zero attached hydrogens (tertiary/aromatic N) is 2. The van der Waals surface area contributed by atoms with Gasteiger partial charge in [0.1, 0.15) is 5.82 Å². The van der Waals surface area contributed by atoms with Crippen molar-refractivity contribution in [2.75, 3.05) is 0 Å². The molecule has 0 aliphatic heterocycles. The molecule has 1 fully saturated rings. The van der Waals surface area contributed by atoms with E-state index >= 15 is 0 Å². The zero-order valence-electron chi connectivity index (χ0n) is 12.7. The zero-order valence-corrected chi connectivity index (χ0v) is 14.2. The second-order valence-electron chi connectivity index (χ2n) is 6.06. The summed E-state index contributed by atoms with van der Waals surface area (Å²) in [5.41, 5.74) is 3.61. The summed E-state index contributed by atoms with van der Waals surface area (Å²) in [7, 11) is 0. The molecule has 1 aliphatic rings. The number of benzene rings is 2. The summed E-state index contributed by atoms with van der Waals surface area (Å²) >= 11 is 11.5. The Balaban J connectivity index is 1.69. The third kappa shape index (κ3) is 2.73. The average Bonchev–Trinajstić information content (AvgIpc) is 3.23. The maximum Gasteiger partial charge on any atom is 0.199 e. The van der Waals surface area contributed by atoms with E-state index < -0.39 is 0 Å². The van der Waals surface area contributed by atoms with Crippen LogP contribution < -0.4 is 0 Å². The lowest BCUT2D eigenvalue weighted by Gasteiger charge is -2.07. The highest BCUT2D eigenvalue weighted by atomic mass is 35.5. The molecule has 2 atom stereocenters. The van der Waals surface area contributed by atoms with Gasteiger partial charge in [-0.2, -0.15) is 5.10 Å². The maximum absolute atomic E-state index is 6.12. The minimum Gasteiger partial charge on any atom is -0.272 e. The zero-order chi connectivity index (χ0) is 16.0. The van der Waals surface area contributed by atoms with E-state index in [9.17, 15) is 0 Å². The van der Waals surface area contributed by atoms with E-state index in [1.807, 2.05) is 28.8 Å². The van der Waals surface area contributed by atoms with Crippen LogP contribution in [0.5, 0.6) is 0 Å². The average molecular weight is 342 g/mol. The van der Waals surface area contributed by atoms with Crippen LogP contribution in [0.2, 0.25) is 5.02 Å². The van der Waals surface area contributed by atoms with E-state index in [0.717, 1.165) is 17.9 Å². The van der Waals surface area contributed by atoms with Gasteiger partial charge >= 0.3 is 0 Å². The van der Waals surface area contributed by atoms with Crippen molar-refractivity contribution in [2.45, 2.75) is 25.2 Å². The molecule has 1 N–H and O–H groups in total. The summed E-state index contributed by atoms with van der Waals surface area (Å²) in [4.78, 5) is 0. The molecule has 5 heteroatoms. The van der Waals surface area contributed by atoms with Gasteiger partial charge in [0.2, 0.25) is 0 Å². The Kier molecular flexibility index (Phi) is 3.58. The molecule has 0 spiro atoms. The van der Waals surface area contributed by atoms with E-state index in [2.05, 4.69) is 41.4 Å². The molecule has 1 saturated carbocycles. The van der Waals surface area contributed by atoms with Crippen molar-refractivity contribution in [1.29, 1.82) is 0 Å². The van der Waals surface area contributed by atoms with Gasteiger partial charge < -0.3 is 0 Å². The summed E-state index contributed by atoms with van der Waals surface area (Å²) in [5, 5.41) is 8.11. The molecule has 3 nitrogen and oxygen atoms in total. The first-order valence-corrected chi connectivity index (χ1v) is 8.42. The Hall–Kier alpha value is -1.91. The summed E-state index contributed by atoms with van der Waals surface area (Å²) in [6.45, 7) is 2.11. The largest absolute Gasteiger partial charge is 0.272 e. The lowest BCUT2D eigenvalue weighted by atomic mass is 10.1. The quantitative estimate of drug-likeness (QED) is 0.667. The Morgan fingerprint density at radius 1 is 1.17 bits per heavy atom. The summed E-state index contributed by atoms with van der Waals surface area (Å²) in [5.74, 6) is 1.89. The number of aryl methyl sites for hydroxylation is 1. The number of hydrogen-bond acceptors (Lipinski definition) is 2. The SMILES string of the molecule is Cc1ccc([C@@H]2C[C@@H]2c2n[nH]c(=S)n2-c2cccc(Cl)c2)cc1. The molecule has 1 aliphatic carbocycles. The minimum atomic E-state index is 0.393. The van der Waals surface area contributed by atoms with Gasteiger partial charge in [0.05, 0.1) is 5.69 Å². The Labute approximate surface area is 144 Å². The first kappa shape index (κ1) is 14.7. The second-order valence-corrected chi connectivity index (χ2v) is 6.88. The standard InChI is InChI=1S/C18H16ClN3S/c1-11-5-7-12(8-6-11)15-10-16(15)17-20-21-18(23)22(17)14-4-2-3-13(19)9-14/h2-9,15-16H,10H2,1H3,(H,21,23)/t15-,16-/m0/s1. The number of aromatic amines is 1. The third-order valence-corrected chi connectivity index (χ3v) is 4.90. The van der Waals surface area contributed by atoms with E-state index in [4.69, 9.17) is 23.8 Å². The number of aromatic nitrogens is 3. The smallest absolute Gasteiger partial charge is 0.199 e. The van der Waals surface area contributed by atoms with Crippen LogP contribution in [0.4, 0.5) is 0 Å². The lowest BCUT2D eigenvalue weighted by Crippen LogP contribution is -2.01. The highest BCUT2D eigenvalue weighted by Gasteiger charge is 2.43. The van der Waals surface area contributed by atoms with E-state index in [1.165, 1.54) is 11.1 Å². The molecule has 0 saturated heterocycles. The van der Waals surface area contributed by atoms with E-state index in [-0.39, 0.29) is 0 Å². The van der Waals surface area contributed by atoms with Gasteiger partial charge in [-0.05, 0) is 55.2 Å². The van der Waals surface area contributed by atoms with Crippen molar-refractivity contribution in [3.05, 3.63) is 75.3 Å². The lowest BCUT2D eigenvalue weighted by molar-refractivity contribution is 0.846. The highest BCUT2D eigenvalue weighted by molar-refractivity contribution is 7.71. The Morgan fingerprint density at radius 3 is 2.70 bits per heavy atom. The van der Waals surface area contributed by atoms with Crippen LogP contribution in [0.1, 0.15) is 35.2 Å². The maximum atomic E-state index is 6.12. The summed E-state index contributed by atoms with van der Waals surface area (Å²) < 4.78 is 2.61. The van der Waals surface area contributed by atoms with Crippen LogP contribution in [0, 0.1) is 11.7 Å². The Bertz CT molecular complexity index is 911. The van der Waals surface area contributed by atoms with Crippen LogP contribution in [0.15, 0.2) is 48.5 Å². The molecule has 0 radical (unpaired) electrons. The fourth-order valence-corrected chi connectivity index (χ4v) is 3.51. The summed E-state index contributed by atoms with van der Waals surface area (Å²) in [6, 6.07) is 16.5. The topological polar surface area (TPSA) is 33.6 Å². The van der Waals surface area contributed by atoms with Crippen molar-refractivity contribution in [3.63, 3.8) is 0 Å².